The lowest BCUT2D eigenvalue weighted by atomic mass is 10.1. The van der Waals surface area contributed by atoms with Crippen LogP contribution in [-0.4, -0.2) is 11.5 Å². The topological polar surface area (TPSA) is 42.1 Å². The van der Waals surface area contributed by atoms with Crippen LogP contribution < -0.4 is 10.6 Å². The van der Waals surface area contributed by atoms with E-state index in [0.717, 1.165) is 17.1 Å². The number of halogens is 1. The van der Waals surface area contributed by atoms with Gasteiger partial charge in [0.2, 0.25) is 0 Å². The van der Waals surface area contributed by atoms with E-state index in [-0.39, 0.29) is 0 Å². The zero-order chi connectivity index (χ0) is 13.9. The molecule has 2 heterocycles. The fraction of sp³-hybridized carbons (Fsp3) is 0.312. The second-order valence-corrected chi connectivity index (χ2v) is 5.52. The van der Waals surface area contributed by atoms with Crippen LogP contribution in [0.25, 0.3) is 0 Å². The molecule has 20 heavy (non-hydrogen) atoms. The summed E-state index contributed by atoms with van der Waals surface area (Å²) in [6, 6.07) is 10.8. The molecule has 1 aliphatic rings. The maximum atomic E-state index is 6.29. The van der Waals surface area contributed by atoms with Gasteiger partial charge < -0.3 is 10.6 Å². The second-order valence-electron chi connectivity index (χ2n) is 5.11. The van der Waals surface area contributed by atoms with Crippen LogP contribution >= 0.6 is 11.6 Å². The third kappa shape index (κ3) is 2.51. The molecule has 1 fully saturated rings. The van der Waals surface area contributed by atoms with Gasteiger partial charge in [0.15, 0.2) is 0 Å². The number of aromatic nitrogens is 1. The van der Waals surface area contributed by atoms with Gasteiger partial charge in [-0.15, -0.1) is 0 Å². The van der Waals surface area contributed by atoms with E-state index in [9.17, 15) is 0 Å². The highest BCUT2D eigenvalue weighted by molar-refractivity contribution is 6.31. The van der Waals surface area contributed by atoms with Crippen LogP contribution in [0, 0.1) is 0 Å². The van der Waals surface area contributed by atoms with Gasteiger partial charge in [-0.05, 0) is 48.2 Å². The molecule has 0 aliphatic carbocycles. The molecular formula is C16H18ClN3. The lowest BCUT2D eigenvalue weighted by Gasteiger charge is -2.27. The van der Waals surface area contributed by atoms with Crippen LogP contribution in [-0.2, 0) is 6.54 Å². The van der Waals surface area contributed by atoms with Gasteiger partial charge >= 0.3 is 0 Å². The molecule has 2 aromatic rings. The summed E-state index contributed by atoms with van der Waals surface area (Å²) >= 11 is 6.29. The van der Waals surface area contributed by atoms with E-state index in [2.05, 4.69) is 28.1 Å². The fourth-order valence-corrected chi connectivity index (χ4v) is 3.14. The van der Waals surface area contributed by atoms with Crippen molar-refractivity contribution in [3.05, 3.63) is 58.9 Å². The minimum atomic E-state index is 0.415. The summed E-state index contributed by atoms with van der Waals surface area (Å²) < 4.78 is 0. The molecule has 4 heteroatoms. The summed E-state index contributed by atoms with van der Waals surface area (Å²) in [5.74, 6) is 0. The number of anilines is 1. The van der Waals surface area contributed by atoms with E-state index in [1.54, 1.807) is 0 Å². The standard InChI is InChI=1S/C16H18ClN3/c17-15-10-14(4-3-13(15)11-18)20-9-1-2-16(20)12-5-7-19-8-6-12/h3-8,10,16H,1-2,9,11,18H2. The van der Waals surface area contributed by atoms with Crippen molar-refractivity contribution in [1.29, 1.82) is 0 Å². The third-order valence-corrected chi connectivity index (χ3v) is 4.28. The van der Waals surface area contributed by atoms with Gasteiger partial charge in [-0.3, -0.25) is 4.98 Å². The van der Waals surface area contributed by atoms with Crippen molar-refractivity contribution in [3.8, 4) is 0 Å². The van der Waals surface area contributed by atoms with E-state index in [4.69, 9.17) is 17.3 Å². The number of nitrogens with two attached hydrogens (primary N) is 1. The largest absolute Gasteiger partial charge is 0.364 e. The quantitative estimate of drug-likeness (QED) is 0.939. The minimum Gasteiger partial charge on any atom is -0.364 e. The number of benzene rings is 1. The maximum Gasteiger partial charge on any atom is 0.0544 e. The van der Waals surface area contributed by atoms with Crippen LogP contribution in [0.15, 0.2) is 42.7 Å². The molecule has 3 nitrogen and oxygen atoms in total. The molecule has 1 saturated heterocycles. The molecule has 0 bridgehead atoms. The highest BCUT2D eigenvalue weighted by Gasteiger charge is 2.26. The smallest absolute Gasteiger partial charge is 0.0544 e. The average molecular weight is 288 g/mol. The van der Waals surface area contributed by atoms with Crippen molar-refractivity contribution < 1.29 is 0 Å². The van der Waals surface area contributed by atoms with Gasteiger partial charge in [0.05, 0.1) is 6.04 Å². The lowest BCUT2D eigenvalue weighted by molar-refractivity contribution is 0.718. The predicted molar refractivity (Wildman–Crippen MR) is 82.9 cm³/mol. The number of rotatable bonds is 3. The first-order valence-corrected chi connectivity index (χ1v) is 7.32. The maximum absolute atomic E-state index is 6.29. The van der Waals surface area contributed by atoms with Gasteiger partial charge in [0.1, 0.15) is 0 Å². The second kappa shape index (κ2) is 5.81. The van der Waals surface area contributed by atoms with E-state index >= 15 is 0 Å². The number of pyridine rings is 1. The molecule has 0 saturated carbocycles. The van der Waals surface area contributed by atoms with Gasteiger partial charge in [0.25, 0.3) is 0 Å². The van der Waals surface area contributed by atoms with Crippen molar-refractivity contribution >= 4 is 17.3 Å². The average Bonchev–Trinajstić information content (AvgIpc) is 2.97. The molecule has 1 aliphatic heterocycles. The first-order chi connectivity index (χ1) is 9.79. The van der Waals surface area contributed by atoms with E-state index in [1.165, 1.54) is 24.1 Å². The molecule has 1 aromatic heterocycles. The molecule has 0 spiro atoms. The molecule has 104 valence electrons. The van der Waals surface area contributed by atoms with Gasteiger partial charge in [-0.25, -0.2) is 0 Å². The summed E-state index contributed by atoms with van der Waals surface area (Å²) in [5.41, 5.74) is 9.15. The summed E-state index contributed by atoms with van der Waals surface area (Å²) in [7, 11) is 0. The van der Waals surface area contributed by atoms with Crippen LogP contribution in [0.1, 0.15) is 30.0 Å². The van der Waals surface area contributed by atoms with Crippen molar-refractivity contribution in [2.45, 2.75) is 25.4 Å². The zero-order valence-corrected chi connectivity index (χ0v) is 12.1. The van der Waals surface area contributed by atoms with Crippen LogP contribution in [0.5, 0.6) is 0 Å². The van der Waals surface area contributed by atoms with Crippen LogP contribution in [0.3, 0.4) is 0 Å². The van der Waals surface area contributed by atoms with E-state index in [0.29, 0.717) is 12.6 Å². The Bertz CT molecular complexity index is 586. The predicted octanol–water partition coefficient (Wildman–Crippen LogP) is 3.54. The summed E-state index contributed by atoms with van der Waals surface area (Å²) in [4.78, 5) is 6.52. The fourth-order valence-electron chi connectivity index (χ4n) is 2.89. The minimum absolute atomic E-state index is 0.415. The molecule has 1 unspecified atom stereocenters. The Hall–Kier alpha value is -1.58. The Morgan fingerprint density at radius 3 is 2.75 bits per heavy atom. The number of hydrogen-bond acceptors (Lipinski definition) is 3. The first-order valence-electron chi connectivity index (χ1n) is 6.94. The van der Waals surface area contributed by atoms with Crippen molar-refractivity contribution in [2.24, 2.45) is 5.73 Å². The monoisotopic (exact) mass is 287 g/mol. The third-order valence-electron chi connectivity index (χ3n) is 3.93. The Morgan fingerprint density at radius 2 is 2.05 bits per heavy atom. The Balaban J connectivity index is 1.91. The molecule has 1 aromatic carbocycles. The Labute approximate surface area is 124 Å². The Kier molecular flexibility index (Phi) is 3.90. The van der Waals surface area contributed by atoms with Crippen molar-refractivity contribution in [1.82, 2.24) is 4.98 Å². The first kappa shape index (κ1) is 13.4. The highest BCUT2D eigenvalue weighted by atomic mass is 35.5. The van der Waals surface area contributed by atoms with Gasteiger partial charge in [-0.2, -0.15) is 0 Å². The zero-order valence-electron chi connectivity index (χ0n) is 11.3. The van der Waals surface area contributed by atoms with Crippen molar-refractivity contribution in [2.75, 3.05) is 11.4 Å². The van der Waals surface area contributed by atoms with Crippen LogP contribution in [0.2, 0.25) is 5.02 Å². The summed E-state index contributed by atoms with van der Waals surface area (Å²) in [5, 5.41) is 0.755. The molecule has 0 amide bonds. The number of nitrogens with zero attached hydrogens (tertiary/aromatic N) is 2. The molecule has 3 rings (SSSR count). The normalized spacial score (nSPS) is 18.5. The van der Waals surface area contributed by atoms with Crippen LogP contribution in [0.4, 0.5) is 5.69 Å². The van der Waals surface area contributed by atoms with Crippen molar-refractivity contribution in [3.63, 3.8) is 0 Å². The van der Waals surface area contributed by atoms with Gasteiger partial charge in [-0.1, -0.05) is 17.7 Å². The highest BCUT2D eigenvalue weighted by Crippen LogP contribution is 2.37. The number of hydrogen-bond donors (Lipinski definition) is 1. The van der Waals surface area contributed by atoms with E-state index in [1.807, 2.05) is 24.5 Å². The SMILES string of the molecule is NCc1ccc(N2CCCC2c2ccncc2)cc1Cl. The molecule has 2 N–H and O–H groups in total. The lowest BCUT2D eigenvalue weighted by Crippen LogP contribution is -2.22. The molecule has 0 radical (unpaired) electrons. The Morgan fingerprint density at radius 1 is 1.25 bits per heavy atom. The molecular weight excluding hydrogens is 270 g/mol. The van der Waals surface area contributed by atoms with E-state index < -0.39 is 0 Å². The van der Waals surface area contributed by atoms with Gasteiger partial charge in [0, 0.05) is 36.2 Å². The summed E-state index contributed by atoms with van der Waals surface area (Å²) in [6.45, 7) is 1.54. The summed E-state index contributed by atoms with van der Waals surface area (Å²) in [6.07, 6.45) is 6.08. The molecule has 1 atom stereocenters.